The minimum absolute atomic E-state index is 0.327. The van der Waals surface area contributed by atoms with Gasteiger partial charge in [-0.25, -0.2) is 5.43 Å². The van der Waals surface area contributed by atoms with Gasteiger partial charge in [-0.15, -0.1) is 0 Å². The highest BCUT2D eigenvalue weighted by Crippen LogP contribution is 2.23. The van der Waals surface area contributed by atoms with Gasteiger partial charge in [0.25, 0.3) is 0 Å². The number of anilines is 3. The molecule has 152 valence electrons. The Kier molecular flexibility index (Phi) is 7.06. The number of hydrogen-bond donors (Lipinski definition) is 3. The summed E-state index contributed by atoms with van der Waals surface area (Å²) in [5.41, 5.74) is 5.94. The second kappa shape index (κ2) is 9.91. The summed E-state index contributed by atoms with van der Waals surface area (Å²) < 4.78 is 0. The Bertz CT molecular complexity index is 1100. The third-order valence-electron chi connectivity index (χ3n) is 4.04. The van der Waals surface area contributed by atoms with Crippen LogP contribution in [0.25, 0.3) is 0 Å². The normalized spacial score (nSPS) is 10.6. The van der Waals surface area contributed by atoms with Crippen molar-refractivity contribution in [2.24, 2.45) is 5.10 Å². The molecule has 3 rings (SSSR count). The van der Waals surface area contributed by atoms with Crippen LogP contribution in [0.5, 0.6) is 0 Å². The molecule has 0 fully saturated rings. The summed E-state index contributed by atoms with van der Waals surface area (Å²) in [4.78, 5) is 24.0. The summed E-state index contributed by atoms with van der Waals surface area (Å²) in [5.74, 6) is -1.81. The number of nitrogens with one attached hydrogen (secondary N) is 3. The Morgan fingerprint density at radius 3 is 2.37 bits per heavy atom. The first-order valence-electron chi connectivity index (χ1n) is 8.94. The summed E-state index contributed by atoms with van der Waals surface area (Å²) in [7, 11) is 0. The molecule has 0 aromatic heterocycles. The molecular weight excluding hydrogens is 423 g/mol. The van der Waals surface area contributed by atoms with Gasteiger partial charge in [-0.2, -0.15) is 5.10 Å². The summed E-state index contributed by atoms with van der Waals surface area (Å²) in [6.07, 6.45) is 1.41. The molecule has 0 saturated carbocycles. The molecule has 6 nitrogen and oxygen atoms in total. The Labute approximate surface area is 183 Å². The van der Waals surface area contributed by atoms with E-state index >= 15 is 0 Å². The Hall–Kier alpha value is -3.35. The van der Waals surface area contributed by atoms with Crippen molar-refractivity contribution in [1.29, 1.82) is 0 Å². The van der Waals surface area contributed by atoms with E-state index in [2.05, 4.69) is 21.2 Å². The van der Waals surface area contributed by atoms with E-state index in [1.54, 1.807) is 42.5 Å². The third-order valence-corrected chi connectivity index (χ3v) is 4.61. The van der Waals surface area contributed by atoms with Gasteiger partial charge >= 0.3 is 11.8 Å². The van der Waals surface area contributed by atoms with Gasteiger partial charge in [0.2, 0.25) is 0 Å². The van der Waals surface area contributed by atoms with E-state index in [1.807, 2.05) is 31.2 Å². The molecule has 8 heteroatoms. The van der Waals surface area contributed by atoms with Crippen molar-refractivity contribution >= 4 is 58.3 Å². The summed E-state index contributed by atoms with van der Waals surface area (Å²) >= 11 is 12.1. The zero-order valence-corrected chi connectivity index (χ0v) is 17.5. The molecule has 0 heterocycles. The fourth-order valence-corrected chi connectivity index (χ4v) is 2.86. The molecule has 0 saturated heterocycles. The van der Waals surface area contributed by atoms with Crippen molar-refractivity contribution in [3.8, 4) is 0 Å². The predicted molar refractivity (Wildman–Crippen MR) is 122 cm³/mol. The molecule has 30 heavy (non-hydrogen) atoms. The van der Waals surface area contributed by atoms with Crippen LogP contribution in [0.4, 0.5) is 17.1 Å². The molecular formula is C22H18Cl2N4O2. The lowest BCUT2D eigenvalue weighted by Gasteiger charge is -2.10. The number of hydrogen-bond acceptors (Lipinski definition) is 4. The Morgan fingerprint density at radius 1 is 0.900 bits per heavy atom. The van der Waals surface area contributed by atoms with Crippen LogP contribution in [-0.2, 0) is 9.59 Å². The molecule has 0 spiro atoms. The summed E-state index contributed by atoms with van der Waals surface area (Å²) in [6.45, 7) is 2.01. The number of carbonyl (C=O) groups excluding carboxylic acids is 2. The number of aryl methyl sites for hydroxylation is 1. The average Bonchev–Trinajstić information content (AvgIpc) is 2.73. The van der Waals surface area contributed by atoms with Crippen LogP contribution in [0.2, 0.25) is 10.0 Å². The van der Waals surface area contributed by atoms with Crippen molar-refractivity contribution in [3.05, 3.63) is 87.9 Å². The second-order valence-electron chi connectivity index (χ2n) is 6.36. The molecule has 3 aromatic rings. The fourth-order valence-electron chi connectivity index (χ4n) is 2.50. The zero-order chi connectivity index (χ0) is 21.5. The van der Waals surface area contributed by atoms with Gasteiger partial charge in [0, 0.05) is 22.0 Å². The minimum Gasteiger partial charge on any atom is -0.355 e. The number of para-hydroxylation sites is 1. The van der Waals surface area contributed by atoms with E-state index in [-0.39, 0.29) is 0 Å². The molecule has 0 bridgehead atoms. The molecule has 3 N–H and O–H groups in total. The van der Waals surface area contributed by atoms with Crippen molar-refractivity contribution in [2.75, 3.05) is 10.6 Å². The number of carbonyl (C=O) groups is 2. The van der Waals surface area contributed by atoms with Crippen LogP contribution in [-0.4, -0.2) is 18.0 Å². The third kappa shape index (κ3) is 5.83. The standard InChI is InChI=1S/C22H18Cl2N4O2/c1-14-6-9-17(10-7-14)26-19-11-8-16(23)12-15(19)13-25-28-22(30)21(29)27-20-5-3-2-4-18(20)24/h2-13,26H,1H3,(H,27,29)(H,28,30)/b25-13-. The smallest absolute Gasteiger partial charge is 0.329 e. The van der Waals surface area contributed by atoms with Crippen molar-refractivity contribution < 1.29 is 9.59 Å². The highest BCUT2D eigenvalue weighted by Gasteiger charge is 2.14. The maximum absolute atomic E-state index is 12.0. The Balaban J connectivity index is 1.67. The minimum atomic E-state index is -0.929. The molecule has 0 atom stereocenters. The molecule has 2 amide bonds. The van der Waals surface area contributed by atoms with Crippen LogP contribution in [0.1, 0.15) is 11.1 Å². The largest absolute Gasteiger partial charge is 0.355 e. The van der Waals surface area contributed by atoms with Crippen LogP contribution < -0.4 is 16.1 Å². The fraction of sp³-hybridized carbons (Fsp3) is 0.0455. The van der Waals surface area contributed by atoms with E-state index < -0.39 is 11.8 Å². The van der Waals surface area contributed by atoms with Crippen molar-refractivity contribution in [3.63, 3.8) is 0 Å². The van der Waals surface area contributed by atoms with E-state index in [1.165, 1.54) is 6.21 Å². The first-order chi connectivity index (χ1) is 14.4. The SMILES string of the molecule is Cc1ccc(Nc2ccc(Cl)cc2/C=N\NC(=O)C(=O)Nc2ccccc2Cl)cc1. The first-order valence-corrected chi connectivity index (χ1v) is 9.70. The number of nitrogens with zero attached hydrogens (tertiary/aromatic N) is 1. The molecule has 0 unspecified atom stereocenters. The lowest BCUT2D eigenvalue weighted by atomic mass is 10.1. The van der Waals surface area contributed by atoms with E-state index in [4.69, 9.17) is 23.2 Å². The molecule has 3 aromatic carbocycles. The van der Waals surface area contributed by atoms with Crippen molar-refractivity contribution in [1.82, 2.24) is 5.43 Å². The average molecular weight is 441 g/mol. The van der Waals surface area contributed by atoms with Gasteiger partial charge in [-0.3, -0.25) is 9.59 Å². The maximum atomic E-state index is 12.0. The number of halogens is 2. The van der Waals surface area contributed by atoms with E-state index in [0.717, 1.165) is 16.9 Å². The molecule has 0 aliphatic rings. The monoisotopic (exact) mass is 440 g/mol. The number of rotatable bonds is 5. The lowest BCUT2D eigenvalue weighted by molar-refractivity contribution is -0.136. The summed E-state index contributed by atoms with van der Waals surface area (Å²) in [5, 5.41) is 10.4. The van der Waals surface area contributed by atoms with E-state index in [0.29, 0.717) is 21.3 Å². The number of hydrazone groups is 1. The van der Waals surface area contributed by atoms with Gasteiger partial charge in [0.1, 0.15) is 0 Å². The number of benzene rings is 3. The van der Waals surface area contributed by atoms with Crippen molar-refractivity contribution in [2.45, 2.75) is 6.92 Å². The van der Waals surface area contributed by atoms with Crippen LogP contribution in [0.3, 0.4) is 0 Å². The topological polar surface area (TPSA) is 82.6 Å². The van der Waals surface area contributed by atoms with Gasteiger partial charge in [0.15, 0.2) is 0 Å². The van der Waals surface area contributed by atoms with Crippen LogP contribution in [0, 0.1) is 6.92 Å². The van der Waals surface area contributed by atoms with Crippen LogP contribution >= 0.6 is 23.2 Å². The zero-order valence-electron chi connectivity index (χ0n) is 15.9. The predicted octanol–water partition coefficient (Wildman–Crippen LogP) is 5.13. The lowest BCUT2D eigenvalue weighted by Crippen LogP contribution is -2.32. The molecule has 0 aliphatic carbocycles. The first kappa shape index (κ1) is 21.4. The molecule has 0 radical (unpaired) electrons. The maximum Gasteiger partial charge on any atom is 0.329 e. The molecule has 0 aliphatic heterocycles. The highest BCUT2D eigenvalue weighted by atomic mass is 35.5. The van der Waals surface area contributed by atoms with Crippen LogP contribution in [0.15, 0.2) is 71.8 Å². The van der Waals surface area contributed by atoms with Gasteiger partial charge in [-0.1, -0.05) is 53.0 Å². The summed E-state index contributed by atoms with van der Waals surface area (Å²) in [6, 6.07) is 19.7. The van der Waals surface area contributed by atoms with E-state index in [9.17, 15) is 9.59 Å². The highest BCUT2D eigenvalue weighted by molar-refractivity contribution is 6.41. The van der Waals surface area contributed by atoms with Gasteiger partial charge in [0.05, 0.1) is 16.9 Å². The van der Waals surface area contributed by atoms with Gasteiger partial charge < -0.3 is 10.6 Å². The quantitative estimate of drug-likeness (QED) is 0.292. The van der Waals surface area contributed by atoms with Gasteiger partial charge in [-0.05, 0) is 49.4 Å². The second-order valence-corrected chi connectivity index (χ2v) is 7.20. The number of amides is 2. The Morgan fingerprint density at radius 2 is 1.63 bits per heavy atom.